The summed E-state index contributed by atoms with van der Waals surface area (Å²) in [4.78, 5) is 4.74. The summed E-state index contributed by atoms with van der Waals surface area (Å²) in [6, 6.07) is 20.2. The second-order valence-corrected chi connectivity index (χ2v) is 7.29. The number of nitrogens with one attached hydrogen (secondary N) is 1. The van der Waals surface area contributed by atoms with Crippen molar-refractivity contribution in [1.29, 1.82) is 5.26 Å². The number of pyridine rings is 1. The first-order valence-electron chi connectivity index (χ1n) is 9.64. The quantitative estimate of drug-likeness (QED) is 0.648. The minimum absolute atomic E-state index is 0. The van der Waals surface area contributed by atoms with Crippen LogP contribution in [0.4, 0.5) is 0 Å². The van der Waals surface area contributed by atoms with Crippen LogP contribution in [-0.4, -0.2) is 24.7 Å². The highest BCUT2D eigenvalue weighted by atomic mass is 35.5. The summed E-state index contributed by atoms with van der Waals surface area (Å²) in [6.07, 6.45) is 2.96. The summed E-state index contributed by atoms with van der Waals surface area (Å²) in [5, 5.41) is 12.5. The summed E-state index contributed by atoms with van der Waals surface area (Å²) < 4.78 is 6.05. The topological polar surface area (TPSA) is 57.9 Å². The Balaban J connectivity index is 0.00000240. The molecule has 0 spiro atoms. The highest BCUT2D eigenvalue weighted by molar-refractivity contribution is 5.85. The summed E-state index contributed by atoms with van der Waals surface area (Å²) in [5.74, 6) is 1.33. The van der Waals surface area contributed by atoms with Gasteiger partial charge in [0.15, 0.2) is 0 Å². The predicted molar refractivity (Wildman–Crippen MR) is 118 cm³/mol. The van der Waals surface area contributed by atoms with Gasteiger partial charge in [-0.05, 0) is 43.7 Å². The third kappa shape index (κ3) is 4.95. The second-order valence-electron chi connectivity index (χ2n) is 7.29. The molecule has 1 atom stereocenters. The number of benzene rings is 2. The average Bonchev–Trinajstić information content (AvgIpc) is 3.27. The Morgan fingerprint density at radius 1 is 1.10 bits per heavy atom. The fraction of sp³-hybridized carbons (Fsp3) is 0.250. The molecule has 2 heterocycles. The highest BCUT2D eigenvalue weighted by Gasteiger charge is 2.16. The van der Waals surface area contributed by atoms with Crippen LogP contribution < -0.4 is 10.1 Å². The van der Waals surface area contributed by atoms with Crippen LogP contribution in [0, 0.1) is 24.2 Å². The number of aromatic nitrogens is 1. The molecule has 1 aromatic heterocycles. The maximum absolute atomic E-state index is 9.09. The van der Waals surface area contributed by atoms with Crippen LogP contribution in [0.3, 0.4) is 0 Å². The summed E-state index contributed by atoms with van der Waals surface area (Å²) in [6.45, 7) is 4.85. The zero-order chi connectivity index (χ0) is 19.3. The zero-order valence-corrected chi connectivity index (χ0v) is 17.2. The molecule has 1 fully saturated rings. The third-order valence-electron chi connectivity index (χ3n) is 5.16. The van der Waals surface area contributed by atoms with E-state index in [0.29, 0.717) is 18.1 Å². The minimum Gasteiger partial charge on any atom is -0.492 e. The summed E-state index contributed by atoms with van der Waals surface area (Å²) in [7, 11) is 0. The van der Waals surface area contributed by atoms with Crippen LogP contribution in [0.2, 0.25) is 0 Å². The molecule has 1 aliphatic rings. The molecule has 5 heteroatoms. The van der Waals surface area contributed by atoms with Gasteiger partial charge in [0.25, 0.3) is 0 Å². The van der Waals surface area contributed by atoms with Gasteiger partial charge in [0.2, 0.25) is 0 Å². The van der Waals surface area contributed by atoms with Crippen LogP contribution >= 0.6 is 12.4 Å². The van der Waals surface area contributed by atoms with E-state index < -0.39 is 0 Å². The first kappa shape index (κ1) is 20.9. The molecule has 148 valence electrons. The van der Waals surface area contributed by atoms with E-state index in [1.807, 2.05) is 30.5 Å². The van der Waals surface area contributed by atoms with Crippen LogP contribution in [0.1, 0.15) is 17.5 Å². The van der Waals surface area contributed by atoms with Gasteiger partial charge in [-0.25, -0.2) is 0 Å². The Morgan fingerprint density at radius 3 is 2.48 bits per heavy atom. The number of hydrogen-bond acceptors (Lipinski definition) is 4. The van der Waals surface area contributed by atoms with Crippen molar-refractivity contribution in [1.82, 2.24) is 10.3 Å². The number of nitrogens with zero attached hydrogens (tertiary/aromatic N) is 2. The molecule has 0 bridgehead atoms. The number of nitriles is 1. The molecule has 0 saturated carbocycles. The normalized spacial score (nSPS) is 15.4. The monoisotopic (exact) mass is 405 g/mol. The fourth-order valence-corrected chi connectivity index (χ4v) is 3.48. The van der Waals surface area contributed by atoms with Gasteiger partial charge in [-0.3, -0.25) is 4.98 Å². The Bertz CT molecular complexity index is 988. The Labute approximate surface area is 178 Å². The van der Waals surface area contributed by atoms with Crippen LogP contribution in [0.25, 0.3) is 22.4 Å². The van der Waals surface area contributed by atoms with E-state index in [9.17, 15) is 0 Å². The largest absolute Gasteiger partial charge is 0.492 e. The number of hydrogen-bond donors (Lipinski definition) is 1. The van der Waals surface area contributed by atoms with E-state index in [4.69, 9.17) is 15.0 Å². The lowest BCUT2D eigenvalue weighted by molar-refractivity contribution is 0.259. The molecule has 1 N–H and O–H groups in total. The molecule has 1 saturated heterocycles. The Kier molecular flexibility index (Phi) is 6.87. The molecular weight excluding hydrogens is 382 g/mol. The molecule has 4 rings (SSSR count). The van der Waals surface area contributed by atoms with Crippen molar-refractivity contribution in [2.45, 2.75) is 13.3 Å². The van der Waals surface area contributed by atoms with Crippen molar-refractivity contribution in [2.75, 3.05) is 19.7 Å². The standard InChI is InChI=1S/C24H23N3O.ClH/c1-17-2-6-21(7-3-17)24-23(20-8-4-18(13-25)5-9-20)12-22(15-27-24)28-16-19-10-11-26-14-19;/h2-9,12,15,19,26H,10-11,14,16H2,1H3;1H. The van der Waals surface area contributed by atoms with Gasteiger partial charge in [-0.15, -0.1) is 12.4 Å². The predicted octanol–water partition coefficient (Wildman–Crippen LogP) is 5.01. The molecule has 3 aromatic rings. The minimum atomic E-state index is 0. The van der Waals surface area contributed by atoms with Gasteiger partial charge in [-0.1, -0.05) is 42.0 Å². The SMILES string of the molecule is Cc1ccc(-c2ncc(OCC3CCNC3)cc2-c2ccc(C#N)cc2)cc1.Cl. The molecule has 0 amide bonds. The van der Waals surface area contributed by atoms with Gasteiger partial charge >= 0.3 is 0 Å². The third-order valence-corrected chi connectivity index (χ3v) is 5.16. The van der Waals surface area contributed by atoms with Crippen molar-refractivity contribution < 1.29 is 4.74 Å². The smallest absolute Gasteiger partial charge is 0.138 e. The Morgan fingerprint density at radius 2 is 1.83 bits per heavy atom. The maximum Gasteiger partial charge on any atom is 0.138 e. The van der Waals surface area contributed by atoms with Crippen LogP contribution in [-0.2, 0) is 0 Å². The van der Waals surface area contributed by atoms with Crippen molar-refractivity contribution in [3.63, 3.8) is 0 Å². The van der Waals surface area contributed by atoms with Crippen LogP contribution in [0.5, 0.6) is 5.75 Å². The van der Waals surface area contributed by atoms with E-state index in [2.05, 4.69) is 48.6 Å². The molecule has 0 aliphatic carbocycles. The van der Waals surface area contributed by atoms with E-state index in [1.165, 1.54) is 5.56 Å². The molecular formula is C24H24ClN3O. The van der Waals surface area contributed by atoms with Crippen LogP contribution in [0.15, 0.2) is 60.8 Å². The fourth-order valence-electron chi connectivity index (χ4n) is 3.48. The van der Waals surface area contributed by atoms with Crippen molar-refractivity contribution in [3.05, 3.63) is 71.9 Å². The summed E-state index contributed by atoms with van der Waals surface area (Å²) >= 11 is 0. The molecule has 29 heavy (non-hydrogen) atoms. The lowest BCUT2D eigenvalue weighted by atomic mass is 9.98. The van der Waals surface area contributed by atoms with E-state index in [-0.39, 0.29) is 12.4 Å². The highest BCUT2D eigenvalue weighted by Crippen LogP contribution is 2.33. The average molecular weight is 406 g/mol. The molecule has 1 unspecified atom stereocenters. The first-order valence-corrected chi connectivity index (χ1v) is 9.64. The van der Waals surface area contributed by atoms with Gasteiger partial charge < -0.3 is 10.1 Å². The first-order chi connectivity index (χ1) is 13.7. The summed E-state index contributed by atoms with van der Waals surface area (Å²) in [5.41, 5.74) is 5.88. The van der Waals surface area contributed by atoms with Crippen molar-refractivity contribution in [3.8, 4) is 34.2 Å². The van der Waals surface area contributed by atoms with E-state index in [0.717, 1.165) is 47.6 Å². The number of rotatable bonds is 5. The van der Waals surface area contributed by atoms with Gasteiger partial charge in [0.1, 0.15) is 5.75 Å². The lowest BCUT2D eigenvalue weighted by Gasteiger charge is -2.14. The molecule has 1 aliphatic heterocycles. The second kappa shape index (κ2) is 9.56. The lowest BCUT2D eigenvalue weighted by Crippen LogP contribution is -2.15. The van der Waals surface area contributed by atoms with Gasteiger partial charge in [0, 0.05) is 23.6 Å². The van der Waals surface area contributed by atoms with Crippen molar-refractivity contribution >= 4 is 12.4 Å². The number of halogens is 1. The van der Waals surface area contributed by atoms with Gasteiger partial charge in [0.05, 0.1) is 30.1 Å². The zero-order valence-electron chi connectivity index (χ0n) is 16.4. The number of aryl methyl sites for hydroxylation is 1. The van der Waals surface area contributed by atoms with Crippen molar-refractivity contribution in [2.24, 2.45) is 5.92 Å². The Hall–Kier alpha value is -2.87. The number of ether oxygens (including phenoxy) is 1. The van der Waals surface area contributed by atoms with E-state index in [1.54, 1.807) is 0 Å². The van der Waals surface area contributed by atoms with E-state index >= 15 is 0 Å². The molecule has 2 aromatic carbocycles. The molecule has 4 nitrogen and oxygen atoms in total. The maximum atomic E-state index is 9.09. The molecule has 0 radical (unpaired) electrons. The van der Waals surface area contributed by atoms with Gasteiger partial charge in [-0.2, -0.15) is 5.26 Å².